The number of ether oxygens (including phenoxy) is 1. The van der Waals surface area contributed by atoms with Gasteiger partial charge in [0, 0.05) is 40.0 Å². The molecule has 2 saturated carbocycles. The monoisotopic (exact) mass is 604 g/mol. The number of hydrogen-bond acceptors (Lipinski definition) is 6. The number of hydrogen-bond donors (Lipinski definition) is 2. The molecule has 0 radical (unpaired) electrons. The van der Waals surface area contributed by atoms with Crippen LogP contribution in [0.4, 0.5) is 4.39 Å². The van der Waals surface area contributed by atoms with Gasteiger partial charge >= 0.3 is 5.97 Å². The molecule has 42 heavy (non-hydrogen) atoms. The van der Waals surface area contributed by atoms with E-state index in [4.69, 9.17) is 15.0 Å². The molecule has 7 nitrogen and oxygen atoms in total. The minimum absolute atomic E-state index is 0.244. The summed E-state index contributed by atoms with van der Waals surface area (Å²) in [6.07, 6.45) is 7.30. The molecule has 2 aromatic carbocycles. The number of benzene rings is 2. The van der Waals surface area contributed by atoms with Gasteiger partial charge in [0.05, 0.1) is 23.6 Å². The smallest absolute Gasteiger partial charge is 0.357 e. The molecule has 0 bridgehead atoms. The number of carbonyl (C=O) groups is 1. The summed E-state index contributed by atoms with van der Waals surface area (Å²) in [4.78, 5) is 17.6. The van der Waals surface area contributed by atoms with E-state index in [0.29, 0.717) is 33.8 Å². The van der Waals surface area contributed by atoms with E-state index in [2.05, 4.69) is 16.8 Å². The van der Waals surface area contributed by atoms with Gasteiger partial charge in [-0.3, -0.25) is 9.35 Å². The Bertz CT molecular complexity index is 1750. The van der Waals surface area contributed by atoms with E-state index in [-0.39, 0.29) is 18.1 Å². The molecule has 218 valence electrons. The maximum absolute atomic E-state index is 14.8. The number of halogens is 1. The van der Waals surface area contributed by atoms with Crippen molar-refractivity contribution < 1.29 is 18.1 Å². The fraction of sp³-hybridized carbons (Fsp3) is 0.344. The molecule has 0 atom stereocenters. The summed E-state index contributed by atoms with van der Waals surface area (Å²) in [7, 11) is -2.87. The van der Waals surface area contributed by atoms with Gasteiger partial charge in [-0.1, -0.05) is 24.0 Å². The third-order valence-corrected chi connectivity index (χ3v) is 9.62. The lowest BCUT2D eigenvalue weighted by Crippen LogP contribution is -2.20. The molecule has 0 spiro atoms. The van der Waals surface area contributed by atoms with Gasteiger partial charge in [-0.05, 0) is 91.0 Å². The number of rotatable bonds is 9. The normalized spacial score (nSPS) is 15.2. The van der Waals surface area contributed by atoms with Crippen LogP contribution in [0.25, 0.3) is 16.4 Å². The Morgan fingerprint density at radius 1 is 1.19 bits per heavy atom. The molecule has 0 amide bonds. The quantitative estimate of drug-likeness (QED) is 0.149. The Hall–Kier alpha value is -3.65. The average Bonchev–Trinajstić information content (AvgIpc) is 3.88. The fourth-order valence-corrected chi connectivity index (χ4v) is 6.33. The highest BCUT2D eigenvalue weighted by molar-refractivity contribution is 8.00. The molecular formula is C32H33FN4O3S2. The van der Waals surface area contributed by atoms with Crippen molar-refractivity contribution in [1.82, 2.24) is 14.8 Å². The van der Waals surface area contributed by atoms with Crippen molar-refractivity contribution in [3.8, 4) is 28.2 Å². The second kappa shape index (κ2) is 11.6. The topological polar surface area (TPSA) is 100 Å². The molecule has 0 aliphatic heterocycles. The summed E-state index contributed by atoms with van der Waals surface area (Å²) >= 11 is 1.33. The van der Waals surface area contributed by atoms with Crippen molar-refractivity contribution in [2.45, 2.75) is 50.3 Å². The molecule has 2 N–H and O–H groups in total. The maximum atomic E-state index is 14.8. The SMILES string of the molecule is CCOC(=O)c1csc(-n2nc(-c3ccc(F)c(C#CC4CC4)c3)c(Cc3ccc([SH](C)(N)=O)cc3)c2CC2CC2)n1. The van der Waals surface area contributed by atoms with Crippen LogP contribution in [0.2, 0.25) is 0 Å². The third-order valence-electron chi connectivity index (χ3n) is 7.48. The summed E-state index contributed by atoms with van der Waals surface area (Å²) in [5.74, 6) is 6.26. The van der Waals surface area contributed by atoms with Crippen LogP contribution >= 0.6 is 11.3 Å². The number of thiol groups is 1. The van der Waals surface area contributed by atoms with E-state index in [1.165, 1.54) is 17.4 Å². The number of nitrogens with two attached hydrogens (primary N) is 1. The summed E-state index contributed by atoms with van der Waals surface area (Å²) in [5, 5.41) is 13.2. The van der Waals surface area contributed by atoms with Gasteiger partial charge in [-0.25, -0.2) is 18.9 Å². The van der Waals surface area contributed by atoms with Gasteiger partial charge in [-0.15, -0.1) is 11.3 Å². The maximum Gasteiger partial charge on any atom is 0.357 e. The lowest BCUT2D eigenvalue weighted by molar-refractivity contribution is 0.0520. The van der Waals surface area contributed by atoms with E-state index in [1.807, 2.05) is 28.9 Å². The van der Waals surface area contributed by atoms with Gasteiger partial charge < -0.3 is 4.74 Å². The van der Waals surface area contributed by atoms with Crippen LogP contribution in [0.3, 0.4) is 0 Å². The number of aromatic nitrogens is 3. The van der Waals surface area contributed by atoms with Gasteiger partial charge in [0.2, 0.25) is 5.13 Å². The molecule has 10 heteroatoms. The van der Waals surface area contributed by atoms with Crippen LogP contribution in [0.1, 0.15) is 65.5 Å². The zero-order chi connectivity index (χ0) is 29.4. The standard InChI is InChI=1S/C32H33FN4O3S2/c1-3-40-31(38)28-19-41-32(35-28)37-29(17-22-6-7-22)26(16-21-9-13-25(14-10-21)42(2,34)39)30(36-37)24-12-15-27(33)23(18-24)11-8-20-4-5-20/h9-10,12-15,18-20,22,42H,3-7,16-17H2,1-2H3,(H2,34,39). The second-order valence-electron chi connectivity index (χ2n) is 11.1. The molecule has 2 fully saturated rings. The highest BCUT2D eigenvalue weighted by Crippen LogP contribution is 2.38. The van der Waals surface area contributed by atoms with Crippen LogP contribution in [0.5, 0.6) is 0 Å². The summed E-state index contributed by atoms with van der Waals surface area (Å²) in [5.41, 5.74) is 5.10. The van der Waals surface area contributed by atoms with Crippen LogP contribution in [-0.4, -0.2) is 37.8 Å². The lowest BCUT2D eigenvalue weighted by Gasteiger charge is -2.13. The molecular weight excluding hydrogens is 572 g/mol. The molecule has 2 aliphatic carbocycles. The Kier molecular flexibility index (Phi) is 7.83. The second-order valence-corrected chi connectivity index (χ2v) is 14.5. The lowest BCUT2D eigenvalue weighted by atomic mass is 9.96. The van der Waals surface area contributed by atoms with E-state index >= 15 is 0 Å². The third kappa shape index (κ3) is 6.38. The number of esters is 1. The summed E-state index contributed by atoms with van der Waals surface area (Å²) in [6, 6.07) is 12.5. The van der Waals surface area contributed by atoms with E-state index in [1.54, 1.807) is 30.7 Å². The van der Waals surface area contributed by atoms with E-state index in [9.17, 15) is 13.4 Å². The van der Waals surface area contributed by atoms with Crippen LogP contribution < -0.4 is 5.14 Å². The van der Waals surface area contributed by atoms with E-state index < -0.39 is 16.1 Å². The van der Waals surface area contributed by atoms with Gasteiger partial charge in [-0.2, -0.15) is 5.10 Å². The van der Waals surface area contributed by atoms with Crippen molar-refractivity contribution in [2.24, 2.45) is 17.0 Å². The average molecular weight is 605 g/mol. The fourth-order valence-electron chi connectivity index (χ4n) is 4.82. The van der Waals surface area contributed by atoms with Crippen LogP contribution in [0, 0.1) is 29.5 Å². The molecule has 6 rings (SSSR count). The summed E-state index contributed by atoms with van der Waals surface area (Å²) < 4.78 is 34.2. The number of nitrogens with zero attached hydrogens (tertiary/aromatic N) is 3. The Morgan fingerprint density at radius 3 is 2.62 bits per heavy atom. The Balaban J connectivity index is 1.48. The van der Waals surface area contributed by atoms with Crippen molar-refractivity contribution >= 4 is 27.4 Å². The highest BCUT2D eigenvalue weighted by Gasteiger charge is 2.29. The first-order valence-corrected chi connectivity index (χ1v) is 17.3. The van der Waals surface area contributed by atoms with Gasteiger partial charge in [0.1, 0.15) is 5.82 Å². The number of carbonyl (C=O) groups excluding carboxylic acids is 1. The molecule has 0 unspecified atom stereocenters. The van der Waals surface area contributed by atoms with Crippen molar-refractivity contribution in [3.05, 3.63) is 81.7 Å². The first-order valence-electron chi connectivity index (χ1n) is 14.2. The Morgan fingerprint density at radius 2 is 1.95 bits per heavy atom. The molecule has 2 aliphatic rings. The number of thiazole rings is 1. The first-order chi connectivity index (χ1) is 20.2. The zero-order valence-corrected chi connectivity index (χ0v) is 25.3. The molecule has 4 aromatic rings. The predicted octanol–water partition coefficient (Wildman–Crippen LogP) is 5.50. The highest BCUT2D eigenvalue weighted by atomic mass is 32.3. The van der Waals surface area contributed by atoms with Gasteiger partial charge in [0.15, 0.2) is 5.69 Å². The van der Waals surface area contributed by atoms with Crippen molar-refractivity contribution in [2.75, 3.05) is 12.9 Å². The van der Waals surface area contributed by atoms with Crippen LogP contribution in [0.15, 0.2) is 52.7 Å². The van der Waals surface area contributed by atoms with Crippen LogP contribution in [-0.2, 0) is 27.7 Å². The van der Waals surface area contributed by atoms with Crippen molar-refractivity contribution in [1.29, 1.82) is 0 Å². The predicted molar refractivity (Wildman–Crippen MR) is 164 cm³/mol. The summed E-state index contributed by atoms with van der Waals surface area (Å²) in [6.45, 7) is 2.03. The Labute approximate surface area is 249 Å². The first kappa shape index (κ1) is 28.5. The molecule has 0 saturated heterocycles. The molecule has 2 aromatic heterocycles. The largest absolute Gasteiger partial charge is 0.461 e. The minimum Gasteiger partial charge on any atom is -0.461 e. The van der Waals surface area contributed by atoms with Crippen molar-refractivity contribution in [3.63, 3.8) is 0 Å². The minimum atomic E-state index is -2.87. The van der Waals surface area contributed by atoms with E-state index in [0.717, 1.165) is 60.2 Å². The van der Waals surface area contributed by atoms with Gasteiger partial charge in [0.25, 0.3) is 0 Å². The zero-order valence-electron chi connectivity index (χ0n) is 23.6. The molecule has 2 heterocycles.